The molecule has 6 nitrogen and oxygen atoms in total. The van der Waals surface area contributed by atoms with Gasteiger partial charge in [-0.15, -0.1) is 0 Å². The van der Waals surface area contributed by atoms with Gasteiger partial charge in [0.15, 0.2) is 0 Å². The minimum absolute atomic E-state index is 0.0275. The van der Waals surface area contributed by atoms with Crippen LogP contribution >= 0.6 is 0 Å². The molecule has 0 aliphatic carbocycles. The Bertz CT molecular complexity index is 1120. The largest absolute Gasteiger partial charge is 0.507 e. The molecule has 0 saturated carbocycles. The van der Waals surface area contributed by atoms with E-state index in [1.54, 1.807) is 55.8 Å². The topological polar surface area (TPSA) is 79.7 Å². The first-order valence-corrected chi connectivity index (χ1v) is 9.44. The molecular weight excluding hydrogens is 380 g/mol. The molecule has 1 aromatic heterocycles. The Balaban J connectivity index is 1.91. The monoisotopic (exact) mass is 400 g/mol. The Labute approximate surface area is 174 Å². The molecule has 2 aromatic carbocycles. The minimum atomic E-state index is -0.789. The van der Waals surface area contributed by atoms with Gasteiger partial charge in [-0.1, -0.05) is 35.9 Å². The SMILES string of the molecule is COc1ccc(/C(O)=C2\C(=O)C(=O)N(c3ccccn3)[C@@H]2c2ccc(C)cc2)cc1. The number of benzene rings is 2. The van der Waals surface area contributed by atoms with Crippen molar-refractivity contribution in [1.82, 2.24) is 4.98 Å². The van der Waals surface area contributed by atoms with E-state index in [4.69, 9.17) is 4.74 Å². The van der Waals surface area contributed by atoms with E-state index in [1.165, 1.54) is 4.90 Å². The standard InChI is InChI=1S/C24H20N2O4/c1-15-6-8-16(9-7-15)21-20(22(27)17-10-12-18(30-2)13-11-17)23(28)24(29)26(21)19-5-3-4-14-25-19/h3-14,21,27H,1-2H3/b22-20+/t21-/m1/s1. The van der Waals surface area contributed by atoms with Gasteiger partial charge in [-0.05, 0) is 48.9 Å². The molecule has 30 heavy (non-hydrogen) atoms. The molecule has 0 radical (unpaired) electrons. The molecule has 3 aromatic rings. The van der Waals surface area contributed by atoms with Crippen LogP contribution in [0.25, 0.3) is 5.76 Å². The minimum Gasteiger partial charge on any atom is -0.507 e. The van der Waals surface area contributed by atoms with Crippen LogP contribution in [0.5, 0.6) is 5.75 Å². The molecule has 1 aliphatic heterocycles. The van der Waals surface area contributed by atoms with Crippen molar-refractivity contribution in [3.8, 4) is 5.75 Å². The molecule has 0 spiro atoms. The number of hydrogen-bond donors (Lipinski definition) is 1. The maximum Gasteiger partial charge on any atom is 0.301 e. The molecule has 1 atom stereocenters. The molecule has 150 valence electrons. The zero-order chi connectivity index (χ0) is 21.3. The predicted octanol–water partition coefficient (Wildman–Crippen LogP) is 4.02. The van der Waals surface area contributed by atoms with E-state index in [9.17, 15) is 14.7 Å². The van der Waals surface area contributed by atoms with Crippen LogP contribution in [0.1, 0.15) is 22.7 Å². The number of nitrogens with zero attached hydrogens (tertiary/aromatic N) is 2. The van der Waals surface area contributed by atoms with Gasteiger partial charge >= 0.3 is 5.91 Å². The van der Waals surface area contributed by atoms with Gasteiger partial charge in [-0.2, -0.15) is 0 Å². The lowest BCUT2D eigenvalue weighted by Gasteiger charge is -2.24. The van der Waals surface area contributed by atoms with Crippen molar-refractivity contribution in [2.75, 3.05) is 12.0 Å². The number of amides is 1. The number of anilines is 1. The smallest absolute Gasteiger partial charge is 0.301 e. The normalized spacial score (nSPS) is 17.9. The van der Waals surface area contributed by atoms with Crippen LogP contribution in [0.4, 0.5) is 5.82 Å². The third-order valence-electron chi connectivity index (χ3n) is 5.10. The van der Waals surface area contributed by atoms with Crippen molar-refractivity contribution in [3.63, 3.8) is 0 Å². The molecule has 6 heteroatoms. The van der Waals surface area contributed by atoms with Gasteiger partial charge < -0.3 is 9.84 Å². The highest BCUT2D eigenvalue weighted by Gasteiger charge is 2.47. The lowest BCUT2D eigenvalue weighted by atomic mass is 9.94. The summed E-state index contributed by atoms with van der Waals surface area (Å²) in [5.74, 6) is -0.747. The van der Waals surface area contributed by atoms with Crippen molar-refractivity contribution >= 4 is 23.3 Å². The Morgan fingerprint density at radius 3 is 2.30 bits per heavy atom. The fraction of sp³-hybridized carbons (Fsp3) is 0.125. The van der Waals surface area contributed by atoms with Gasteiger partial charge in [0.05, 0.1) is 18.7 Å². The lowest BCUT2D eigenvalue weighted by molar-refractivity contribution is -0.132. The fourth-order valence-corrected chi connectivity index (χ4v) is 3.53. The van der Waals surface area contributed by atoms with Crippen molar-refractivity contribution in [3.05, 3.63) is 95.2 Å². The Hall–Kier alpha value is -3.93. The van der Waals surface area contributed by atoms with E-state index in [1.807, 2.05) is 31.2 Å². The summed E-state index contributed by atoms with van der Waals surface area (Å²) in [6, 6.07) is 18.5. The Morgan fingerprint density at radius 1 is 1.00 bits per heavy atom. The summed E-state index contributed by atoms with van der Waals surface area (Å²) in [4.78, 5) is 31.6. The van der Waals surface area contributed by atoms with E-state index in [0.29, 0.717) is 22.7 Å². The fourth-order valence-electron chi connectivity index (χ4n) is 3.53. The highest BCUT2D eigenvalue weighted by Crippen LogP contribution is 2.41. The molecule has 1 fully saturated rings. The summed E-state index contributed by atoms with van der Waals surface area (Å²) in [5, 5.41) is 11.0. The predicted molar refractivity (Wildman–Crippen MR) is 113 cm³/mol. The van der Waals surface area contributed by atoms with E-state index in [-0.39, 0.29) is 11.3 Å². The van der Waals surface area contributed by atoms with Gasteiger partial charge in [0.25, 0.3) is 5.78 Å². The third kappa shape index (κ3) is 3.33. The Kier molecular flexibility index (Phi) is 5.06. The maximum absolute atomic E-state index is 13.0. The molecule has 1 saturated heterocycles. The molecule has 1 amide bonds. The second kappa shape index (κ2) is 7.83. The molecule has 1 aliphatic rings. The summed E-state index contributed by atoms with van der Waals surface area (Å²) in [5.41, 5.74) is 2.20. The number of Topliss-reactive ketones (excluding diaryl/α,β-unsaturated/α-hetero) is 1. The molecular formula is C24H20N2O4. The van der Waals surface area contributed by atoms with E-state index in [0.717, 1.165) is 5.56 Å². The second-order valence-corrected chi connectivity index (χ2v) is 7.00. The summed E-state index contributed by atoms with van der Waals surface area (Å²) in [7, 11) is 1.55. The van der Waals surface area contributed by atoms with E-state index < -0.39 is 17.7 Å². The summed E-state index contributed by atoms with van der Waals surface area (Å²) in [6.45, 7) is 1.96. The number of aromatic nitrogens is 1. The highest BCUT2D eigenvalue weighted by atomic mass is 16.5. The van der Waals surface area contributed by atoms with Gasteiger partial charge in [0, 0.05) is 11.8 Å². The first kappa shape index (κ1) is 19.4. The van der Waals surface area contributed by atoms with Crippen LogP contribution < -0.4 is 9.64 Å². The number of methoxy groups -OCH3 is 1. The first-order valence-electron chi connectivity index (χ1n) is 9.44. The van der Waals surface area contributed by atoms with Crippen LogP contribution in [0.15, 0.2) is 78.5 Å². The third-order valence-corrected chi connectivity index (χ3v) is 5.10. The van der Waals surface area contributed by atoms with Crippen molar-refractivity contribution in [1.29, 1.82) is 0 Å². The zero-order valence-corrected chi connectivity index (χ0v) is 16.6. The number of pyridine rings is 1. The lowest BCUT2D eigenvalue weighted by Crippen LogP contribution is -2.30. The highest BCUT2D eigenvalue weighted by molar-refractivity contribution is 6.51. The number of rotatable bonds is 4. The number of ether oxygens (including phenoxy) is 1. The molecule has 0 bridgehead atoms. The Morgan fingerprint density at radius 2 is 1.70 bits per heavy atom. The molecule has 1 N–H and O–H groups in total. The van der Waals surface area contributed by atoms with Gasteiger partial charge in [-0.25, -0.2) is 4.98 Å². The van der Waals surface area contributed by atoms with Crippen molar-refractivity contribution in [2.45, 2.75) is 13.0 Å². The van der Waals surface area contributed by atoms with Crippen LogP contribution in [-0.4, -0.2) is 28.9 Å². The number of hydrogen-bond acceptors (Lipinski definition) is 5. The average molecular weight is 400 g/mol. The average Bonchev–Trinajstić information content (AvgIpc) is 3.05. The van der Waals surface area contributed by atoms with E-state index >= 15 is 0 Å². The number of carbonyl (C=O) groups excluding carboxylic acids is 2. The van der Waals surface area contributed by atoms with E-state index in [2.05, 4.69) is 4.98 Å². The van der Waals surface area contributed by atoms with Crippen LogP contribution in [0.2, 0.25) is 0 Å². The van der Waals surface area contributed by atoms with Gasteiger partial charge in [0.2, 0.25) is 0 Å². The zero-order valence-electron chi connectivity index (χ0n) is 16.6. The molecule has 4 rings (SSSR count). The summed E-state index contributed by atoms with van der Waals surface area (Å²) in [6.07, 6.45) is 1.56. The summed E-state index contributed by atoms with van der Waals surface area (Å²) < 4.78 is 5.15. The second-order valence-electron chi connectivity index (χ2n) is 7.00. The maximum atomic E-state index is 13.0. The van der Waals surface area contributed by atoms with Crippen LogP contribution in [-0.2, 0) is 9.59 Å². The van der Waals surface area contributed by atoms with Crippen LogP contribution in [0, 0.1) is 6.92 Å². The number of aryl methyl sites for hydroxylation is 1. The number of ketones is 1. The number of aliphatic hydroxyl groups is 1. The van der Waals surface area contributed by atoms with Crippen molar-refractivity contribution < 1.29 is 19.4 Å². The quantitative estimate of drug-likeness (QED) is 0.406. The van der Waals surface area contributed by atoms with Crippen molar-refractivity contribution in [2.24, 2.45) is 0 Å². The van der Waals surface area contributed by atoms with Gasteiger partial charge in [-0.3, -0.25) is 14.5 Å². The molecule has 0 unspecified atom stereocenters. The molecule has 2 heterocycles. The number of carbonyl (C=O) groups is 2. The number of aliphatic hydroxyl groups excluding tert-OH is 1. The summed E-state index contributed by atoms with van der Waals surface area (Å²) >= 11 is 0. The van der Waals surface area contributed by atoms with Gasteiger partial charge in [0.1, 0.15) is 17.3 Å². The van der Waals surface area contributed by atoms with Crippen LogP contribution in [0.3, 0.4) is 0 Å². The first-order chi connectivity index (χ1) is 14.5.